The van der Waals surface area contributed by atoms with Gasteiger partial charge in [-0.3, -0.25) is 0 Å². The highest BCUT2D eigenvalue weighted by atomic mass is 15.1. The Kier molecular flexibility index (Phi) is 3.41. The highest BCUT2D eigenvalue weighted by Gasteiger charge is 2.21. The van der Waals surface area contributed by atoms with Crippen LogP contribution in [0.15, 0.2) is 12.5 Å². The van der Waals surface area contributed by atoms with Crippen LogP contribution in [0.2, 0.25) is 0 Å². The van der Waals surface area contributed by atoms with Gasteiger partial charge in [-0.1, -0.05) is 6.92 Å². The van der Waals surface area contributed by atoms with Crippen molar-refractivity contribution in [3.63, 3.8) is 0 Å². The second kappa shape index (κ2) is 4.79. The number of aryl methyl sites for hydroxylation is 1. The lowest BCUT2D eigenvalue weighted by atomic mass is 9.97. The first-order valence-corrected chi connectivity index (χ1v) is 6.07. The zero-order valence-corrected chi connectivity index (χ0v) is 9.74. The number of piperidine rings is 1. The first kappa shape index (κ1) is 10.7. The van der Waals surface area contributed by atoms with Gasteiger partial charge in [0.1, 0.15) is 0 Å². The van der Waals surface area contributed by atoms with Gasteiger partial charge in [0.15, 0.2) is 0 Å². The summed E-state index contributed by atoms with van der Waals surface area (Å²) < 4.78 is 2.29. The molecule has 1 aliphatic rings. The summed E-state index contributed by atoms with van der Waals surface area (Å²) in [6.07, 6.45) is 9.03. The number of nitrogens with zero attached hydrogens (tertiary/aromatic N) is 2. The van der Waals surface area contributed by atoms with Crippen LogP contribution in [0.3, 0.4) is 0 Å². The van der Waals surface area contributed by atoms with E-state index in [4.69, 9.17) is 0 Å². The Hall–Kier alpha value is -0.830. The molecule has 1 N–H and O–H groups in total. The molecular formula is C12H21N3. The molecule has 3 nitrogen and oxygen atoms in total. The van der Waals surface area contributed by atoms with Crippen molar-refractivity contribution in [3.05, 3.63) is 18.2 Å². The Morgan fingerprint density at radius 1 is 1.53 bits per heavy atom. The zero-order valence-electron chi connectivity index (χ0n) is 9.74. The number of imidazole rings is 1. The summed E-state index contributed by atoms with van der Waals surface area (Å²) in [5.41, 5.74) is 1.36. The topological polar surface area (TPSA) is 29.9 Å². The number of hydrogen-bond acceptors (Lipinski definition) is 2. The van der Waals surface area contributed by atoms with Gasteiger partial charge < -0.3 is 9.88 Å². The highest BCUT2D eigenvalue weighted by molar-refractivity contribution is 5.07. The van der Waals surface area contributed by atoms with Crippen molar-refractivity contribution in [2.45, 2.75) is 58.2 Å². The normalized spacial score (nSPS) is 26.8. The molecule has 1 aromatic heterocycles. The Bertz CT molecular complexity index is 306. The second-order valence-electron chi connectivity index (χ2n) is 4.56. The third-order valence-corrected chi connectivity index (χ3v) is 3.18. The van der Waals surface area contributed by atoms with Gasteiger partial charge in [0.2, 0.25) is 0 Å². The van der Waals surface area contributed by atoms with Gasteiger partial charge in [-0.2, -0.15) is 0 Å². The summed E-state index contributed by atoms with van der Waals surface area (Å²) in [5, 5.41) is 3.66. The molecule has 15 heavy (non-hydrogen) atoms. The Morgan fingerprint density at radius 2 is 2.40 bits per heavy atom. The first-order valence-electron chi connectivity index (χ1n) is 6.07. The van der Waals surface area contributed by atoms with Crippen molar-refractivity contribution in [1.29, 1.82) is 0 Å². The molecule has 2 heterocycles. The van der Waals surface area contributed by atoms with Gasteiger partial charge in [0.05, 0.1) is 12.0 Å². The maximum absolute atomic E-state index is 4.26. The smallest absolute Gasteiger partial charge is 0.0948 e. The summed E-state index contributed by atoms with van der Waals surface area (Å²) in [4.78, 5) is 4.26. The van der Waals surface area contributed by atoms with Crippen LogP contribution in [-0.2, 0) is 6.54 Å². The lowest BCUT2D eigenvalue weighted by Crippen LogP contribution is -2.35. The fraction of sp³-hybridized carbons (Fsp3) is 0.750. The van der Waals surface area contributed by atoms with Crippen LogP contribution in [0.1, 0.15) is 51.3 Å². The van der Waals surface area contributed by atoms with Crippen LogP contribution in [0.25, 0.3) is 0 Å². The van der Waals surface area contributed by atoms with Crippen LogP contribution in [0.4, 0.5) is 0 Å². The number of nitrogens with one attached hydrogen (secondary N) is 1. The summed E-state index contributed by atoms with van der Waals surface area (Å²) in [7, 11) is 0. The fourth-order valence-electron chi connectivity index (χ4n) is 2.42. The van der Waals surface area contributed by atoms with Gasteiger partial charge in [-0.15, -0.1) is 0 Å². The van der Waals surface area contributed by atoms with E-state index in [1.54, 1.807) is 0 Å². The molecular weight excluding hydrogens is 186 g/mol. The van der Waals surface area contributed by atoms with Crippen molar-refractivity contribution < 1.29 is 0 Å². The minimum Gasteiger partial charge on any atom is -0.333 e. The minimum atomic E-state index is 0.516. The number of rotatable bonds is 3. The molecule has 0 radical (unpaired) electrons. The van der Waals surface area contributed by atoms with Gasteiger partial charge in [0, 0.05) is 24.8 Å². The second-order valence-corrected chi connectivity index (χ2v) is 4.56. The van der Waals surface area contributed by atoms with E-state index in [1.807, 2.05) is 12.5 Å². The number of aromatic nitrogens is 2. The molecule has 0 bridgehead atoms. The maximum atomic E-state index is 4.26. The molecule has 1 aromatic rings. The van der Waals surface area contributed by atoms with Crippen molar-refractivity contribution in [2.24, 2.45) is 0 Å². The van der Waals surface area contributed by atoms with E-state index in [-0.39, 0.29) is 0 Å². The average Bonchev–Trinajstić information content (AvgIpc) is 2.66. The molecule has 2 atom stereocenters. The summed E-state index contributed by atoms with van der Waals surface area (Å²) >= 11 is 0. The molecule has 0 amide bonds. The molecule has 1 fully saturated rings. The van der Waals surface area contributed by atoms with E-state index in [9.17, 15) is 0 Å². The van der Waals surface area contributed by atoms with E-state index in [2.05, 4.69) is 28.7 Å². The van der Waals surface area contributed by atoms with Crippen molar-refractivity contribution in [1.82, 2.24) is 14.9 Å². The largest absolute Gasteiger partial charge is 0.333 e. The van der Waals surface area contributed by atoms with Crippen LogP contribution >= 0.6 is 0 Å². The van der Waals surface area contributed by atoms with Crippen molar-refractivity contribution in [2.75, 3.05) is 0 Å². The van der Waals surface area contributed by atoms with Gasteiger partial charge in [-0.05, 0) is 32.6 Å². The highest BCUT2D eigenvalue weighted by Crippen LogP contribution is 2.25. The molecule has 84 valence electrons. The van der Waals surface area contributed by atoms with Crippen molar-refractivity contribution >= 4 is 0 Å². The van der Waals surface area contributed by atoms with Crippen LogP contribution in [0.5, 0.6) is 0 Å². The van der Waals surface area contributed by atoms with Crippen molar-refractivity contribution in [3.8, 4) is 0 Å². The predicted octanol–water partition coefficient (Wildman–Crippen LogP) is 2.50. The van der Waals surface area contributed by atoms with Crippen LogP contribution in [-0.4, -0.2) is 15.6 Å². The van der Waals surface area contributed by atoms with E-state index in [1.165, 1.54) is 31.4 Å². The molecule has 1 aliphatic heterocycles. The Labute approximate surface area is 91.9 Å². The Balaban J connectivity index is 2.10. The molecule has 0 aliphatic carbocycles. The van der Waals surface area contributed by atoms with Gasteiger partial charge in [0.25, 0.3) is 0 Å². The molecule has 3 heteroatoms. The van der Waals surface area contributed by atoms with E-state index < -0.39 is 0 Å². The average molecular weight is 207 g/mol. The minimum absolute atomic E-state index is 0.516. The van der Waals surface area contributed by atoms with Gasteiger partial charge in [-0.25, -0.2) is 4.98 Å². The molecule has 0 spiro atoms. The fourth-order valence-corrected chi connectivity index (χ4v) is 2.42. The predicted molar refractivity (Wildman–Crippen MR) is 61.7 cm³/mol. The van der Waals surface area contributed by atoms with Gasteiger partial charge >= 0.3 is 0 Å². The van der Waals surface area contributed by atoms with Crippen LogP contribution < -0.4 is 5.32 Å². The first-order chi connectivity index (χ1) is 7.31. The molecule has 2 unspecified atom stereocenters. The summed E-state index contributed by atoms with van der Waals surface area (Å²) in [5.74, 6) is 0. The van der Waals surface area contributed by atoms with E-state index >= 15 is 0 Å². The molecule has 1 saturated heterocycles. The number of hydrogen-bond donors (Lipinski definition) is 1. The standard InChI is InChI=1S/C12H21N3/c1-3-7-15-9-13-8-12(15)11-6-4-5-10(2)14-11/h8-11,14H,3-7H2,1-2H3. The monoisotopic (exact) mass is 207 g/mol. The lowest BCUT2D eigenvalue weighted by Gasteiger charge is -2.29. The molecule has 0 saturated carbocycles. The van der Waals surface area contributed by atoms with E-state index in [0.717, 1.165) is 6.54 Å². The zero-order chi connectivity index (χ0) is 10.7. The summed E-state index contributed by atoms with van der Waals surface area (Å²) in [6, 6.07) is 1.16. The van der Waals surface area contributed by atoms with E-state index in [0.29, 0.717) is 12.1 Å². The summed E-state index contributed by atoms with van der Waals surface area (Å²) in [6.45, 7) is 5.56. The Morgan fingerprint density at radius 3 is 3.13 bits per heavy atom. The SMILES string of the molecule is CCCn1cncc1C1CCCC(C)N1. The molecule has 0 aromatic carbocycles. The maximum Gasteiger partial charge on any atom is 0.0948 e. The quantitative estimate of drug-likeness (QED) is 0.825. The third kappa shape index (κ3) is 2.40. The third-order valence-electron chi connectivity index (χ3n) is 3.18. The lowest BCUT2D eigenvalue weighted by molar-refractivity contribution is 0.329. The molecule has 2 rings (SSSR count). The van der Waals surface area contributed by atoms with Crippen LogP contribution in [0, 0.1) is 0 Å².